The van der Waals surface area contributed by atoms with E-state index >= 15 is 0 Å². The lowest BCUT2D eigenvalue weighted by atomic mass is 9.53. The maximum absolute atomic E-state index is 6.29. The van der Waals surface area contributed by atoms with E-state index in [1.165, 1.54) is 12.8 Å². The fourth-order valence-electron chi connectivity index (χ4n) is 5.80. The van der Waals surface area contributed by atoms with E-state index < -0.39 is 0 Å². The third-order valence-electron chi connectivity index (χ3n) is 7.04. The standard InChI is InChI=1S/C24H29NO.ClH/c1-17(2)25-13-14-26-18(16-25)15-24-12-11-19(20-7-3-5-9-22(20)24)21-8-4-6-10-23(21)24;/h3-10,17-19H,11-16H2,1-2H3;1H. The molecule has 3 heteroatoms. The molecule has 0 aromatic heterocycles. The molecule has 1 fully saturated rings. The highest BCUT2D eigenvalue weighted by atomic mass is 35.5. The molecule has 144 valence electrons. The molecule has 0 spiro atoms. The van der Waals surface area contributed by atoms with Crippen molar-refractivity contribution in [2.75, 3.05) is 19.7 Å². The molecule has 1 heterocycles. The summed E-state index contributed by atoms with van der Waals surface area (Å²) < 4.78 is 6.29. The first-order valence-corrected chi connectivity index (χ1v) is 10.2. The van der Waals surface area contributed by atoms with Crippen LogP contribution in [0.5, 0.6) is 0 Å². The lowest BCUT2D eigenvalue weighted by Crippen LogP contribution is -2.50. The third-order valence-corrected chi connectivity index (χ3v) is 7.04. The molecule has 2 bridgehead atoms. The van der Waals surface area contributed by atoms with Gasteiger partial charge in [0.25, 0.3) is 0 Å². The Hall–Kier alpha value is -1.35. The highest BCUT2D eigenvalue weighted by Crippen LogP contribution is 2.58. The van der Waals surface area contributed by atoms with Crippen LogP contribution in [-0.4, -0.2) is 36.7 Å². The number of nitrogens with zero attached hydrogens (tertiary/aromatic N) is 1. The molecule has 4 aliphatic rings. The van der Waals surface area contributed by atoms with Crippen molar-refractivity contribution in [2.45, 2.75) is 56.6 Å². The topological polar surface area (TPSA) is 12.5 Å². The van der Waals surface area contributed by atoms with Crippen LogP contribution in [0.3, 0.4) is 0 Å². The first-order chi connectivity index (χ1) is 12.7. The van der Waals surface area contributed by atoms with Crippen LogP contribution in [0.2, 0.25) is 0 Å². The Kier molecular flexibility index (Phi) is 5.09. The van der Waals surface area contributed by atoms with Gasteiger partial charge in [0.15, 0.2) is 0 Å². The van der Waals surface area contributed by atoms with Crippen molar-refractivity contribution >= 4 is 12.4 Å². The Morgan fingerprint density at radius 1 is 1.04 bits per heavy atom. The van der Waals surface area contributed by atoms with Gasteiger partial charge in [-0.15, -0.1) is 12.4 Å². The smallest absolute Gasteiger partial charge is 0.0714 e. The summed E-state index contributed by atoms with van der Waals surface area (Å²) in [6.07, 6.45) is 3.96. The van der Waals surface area contributed by atoms with Gasteiger partial charge in [-0.05, 0) is 55.4 Å². The highest BCUT2D eigenvalue weighted by Gasteiger charge is 2.49. The normalized spacial score (nSPS) is 29.1. The molecule has 2 aromatic rings. The van der Waals surface area contributed by atoms with E-state index in [-0.39, 0.29) is 17.8 Å². The van der Waals surface area contributed by atoms with Crippen LogP contribution in [-0.2, 0) is 10.2 Å². The van der Waals surface area contributed by atoms with Crippen molar-refractivity contribution in [1.82, 2.24) is 4.90 Å². The lowest BCUT2D eigenvalue weighted by molar-refractivity contribution is -0.0508. The Labute approximate surface area is 169 Å². The third kappa shape index (κ3) is 2.93. The average molecular weight is 384 g/mol. The Balaban J connectivity index is 0.00000180. The molecule has 0 radical (unpaired) electrons. The van der Waals surface area contributed by atoms with Crippen molar-refractivity contribution in [3.63, 3.8) is 0 Å². The summed E-state index contributed by atoms with van der Waals surface area (Å²) in [7, 11) is 0. The maximum Gasteiger partial charge on any atom is 0.0714 e. The quantitative estimate of drug-likeness (QED) is 0.728. The molecule has 0 saturated carbocycles. The number of hydrogen-bond acceptors (Lipinski definition) is 2. The summed E-state index contributed by atoms with van der Waals surface area (Å²) in [4.78, 5) is 2.58. The van der Waals surface area contributed by atoms with Gasteiger partial charge in [-0.3, -0.25) is 4.90 Å². The van der Waals surface area contributed by atoms with E-state index in [0.717, 1.165) is 26.1 Å². The van der Waals surface area contributed by atoms with Gasteiger partial charge in [0.05, 0.1) is 12.7 Å². The fraction of sp³-hybridized carbons (Fsp3) is 0.500. The largest absolute Gasteiger partial charge is 0.376 e. The van der Waals surface area contributed by atoms with Gasteiger partial charge in [0, 0.05) is 30.5 Å². The predicted octanol–water partition coefficient (Wildman–Crippen LogP) is 5.13. The van der Waals surface area contributed by atoms with E-state index in [9.17, 15) is 0 Å². The molecule has 1 aliphatic heterocycles. The van der Waals surface area contributed by atoms with Gasteiger partial charge >= 0.3 is 0 Å². The minimum Gasteiger partial charge on any atom is -0.376 e. The van der Waals surface area contributed by atoms with Crippen LogP contribution in [0, 0.1) is 0 Å². The van der Waals surface area contributed by atoms with Crippen LogP contribution in [0.1, 0.15) is 61.3 Å². The molecular weight excluding hydrogens is 354 g/mol. The van der Waals surface area contributed by atoms with Crippen LogP contribution < -0.4 is 0 Å². The van der Waals surface area contributed by atoms with E-state index in [0.29, 0.717) is 18.1 Å². The molecule has 27 heavy (non-hydrogen) atoms. The molecule has 2 aromatic carbocycles. The molecule has 1 atom stereocenters. The van der Waals surface area contributed by atoms with Crippen molar-refractivity contribution < 1.29 is 4.74 Å². The minimum atomic E-state index is 0. The first-order valence-electron chi connectivity index (χ1n) is 10.2. The number of fused-ring (bicyclic) bond motifs is 1. The van der Waals surface area contributed by atoms with Crippen LogP contribution in [0.25, 0.3) is 0 Å². The van der Waals surface area contributed by atoms with Crippen LogP contribution >= 0.6 is 12.4 Å². The zero-order chi connectivity index (χ0) is 17.7. The summed E-state index contributed by atoms with van der Waals surface area (Å²) in [6, 6.07) is 19.0. The number of morpholine rings is 1. The number of halogens is 1. The summed E-state index contributed by atoms with van der Waals surface area (Å²) in [5, 5.41) is 0. The van der Waals surface area contributed by atoms with Gasteiger partial charge in [0.2, 0.25) is 0 Å². The second-order valence-electron chi connectivity index (χ2n) is 8.63. The summed E-state index contributed by atoms with van der Waals surface area (Å²) in [6.45, 7) is 7.60. The van der Waals surface area contributed by atoms with Gasteiger partial charge in [-0.1, -0.05) is 48.5 Å². The van der Waals surface area contributed by atoms with Gasteiger partial charge < -0.3 is 4.74 Å². The van der Waals surface area contributed by atoms with Crippen molar-refractivity contribution in [3.05, 3.63) is 70.8 Å². The molecule has 1 saturated heterocycles. The van der Waals surface area contributed by atoms with E-state index in [1.54, 1.807) is 22.3 Å². The van der Waals surface area contributed by atoms with E-state index in [1.807, 2.05) is 0 Å². The van der Waals surface area contributed by atoms with E-state index in [2.05, 4.69) is 67.3 Å². The number of rotatable bonds is 3. The van der Waals surface area contributed by atoms with Gasteiger partial charge in [0.1, 0.15) is 0 Å². The minimum absolute atomic E-state index is 0. The molecule has 0 amide bonds. The second kappa shape index (κ2) is 7.24. The summed E-state index contributed by atoms with van der Waals surface area (Å²) >= 11 is 0. The zero-order valence-electron chi connectivity index (χ0n) is 16.4. The monoisotopic (exact) mass is 383 g/mol. The molecule has 0 N–H and O–H groups in total. The number of benzene rings is 2. The van der Waals surface area contributed by atoms with Crippen LogP contribution in [0.15, 0.2) is 48.5 Å². The second-order valence-corrected chi connectivity index (χ2v) is 8.63. The molecule has 6 rings (SSSR count). The van der Waals surface area contributed by atoms with Crippen molar-refractivity contribution in [3.8, 4) is 0 Å². The van der Waals surface area contributed by atoms with Crippen molar-refractivity contribution in [2.24, 2.45) is 0 Å². The first kappa shape index (κ1) is 19.0. The fourth-order valence-corrected chi connectivity index (χ4v) is 5.80. The predicted molar refractivity (Wildman–Crippen MR) is 113 cm³/mol. The molecule has 2 nitrogen and oxygen atoms in total. The lowest BCUT2D eigenvalue weighted by Gasteiger charge is -2.51. The van der Waals surface area contributed by atoms with Crippen molar-refractivity contribution in [1.29, 1.82) is 0 Å². The number of hydrogen-bond donors (Lipinski definition) is 0. The molecular formula is C24H30ClNO. The number of ether oxygens (including phenoxy) is 1. The molecule has 3 aliphatic carbocycles. The van der Waals surface area contributed by atoms with Crippen LogP contribution in [0.4, 0.5) is 0 Å². The Bertz CT molecular complexity index is 770. The molecule has 1 unspecified atom stereocenters. The SMILES string of the molecule is CC(C)N1CCOC(CC23CCC(c4ccccc42)c2ccccc23)C1.Cl. The van der Waals surface area contributed by atoms with Gasteiger partial charge in [-0.25, -0.2) is 0 Å². The Morgan fingerprint density at radius 2 is 1.67 bits per heavy atom. The maximum atomic E-state index is 6.29. The van der Waals surface area contributed by atoms with Gasteiger partial charge in [-0.2, -0.15) is 0 Å². The van der Waals surface area contributed by atoms with E-state index in [4.69, 9.17) is 4.74 Å². The Morgan fingerprint density at radius 3 is 2.30 bits per heavy atom. The highest BCUT2D eigenvalue weighted by molar-refractivity contribution is 5.85. The zero-order valence-corrected chi connectivity index (χ0v) is 17.2. The summed E-state index contributed by atoms with van der Waals surface area (Å²) in [5.74, 6) is 0.587. The summed E-state index contributed by atoms with van der Waals surface area (Å²) in [5.41, 5.74) is 6.40. The average Bonchev–Trinajstić information content (AvgIpc) is 2.69.